The van der Waals surface area contributed by atoms with Gasteiger partial charge in [-0.05, 0) is 68.1 Å². The van der Waals surface area contributed by atoms with Crippen molar-refractivity contribution >= 4 is 0 Å². The predicted octanol–water partition coefficient (Wildman–Crippen LogP) is 10.6. The van der Waals surface area contributed by atoms with Gasteiger partial charge in [-0.2, -0.15) is 0 Å². The summed E-state index contributed by atoms with van der Waals surface area (Å²) in [5.74, 6) is 5.58. The third kappa shape index (κ3) is 10.9. The molecule has 30 heavy (non-hydrogen) atoms. The van der Waals surface area contributed by atoms with Gasteiger partial charge in [0.1, 0.15) is 0 Å². The van der Waals surface area contributed by atoms with Crippen LogP contribution in [0, 0.1) is 35.5 Å². The number of rotatable bonds is 17. The maximum atomic E-state index is 2.57. The van der Waals surface area contributed by atoms with Crippen LogP contribution in [0.1, 0.15) is 144 Å². The summed E-state index contributed by atoms with van der Waals surface area (Å²) >= 11 is 0. The van der Waals surface area contributed by atoms with E-state index < -0.39 is 0 Å². The van der Waals surface area contributed by atoms with E-state index in [0.29, 0.717) is 0 Å². The van der Waals surface area contributed by atoms with Crippen LogP contribution in [0.4, 0.5) is 0 Å². The largest absolute Gasteiger partial charge is 0.0914 e. The molecule has 0 N–H and O–H groups in total. The zero-order valence-corrected chi connectivity index (χ0v) is 21.9. The lowest BCUT2D eigenvalue weighted by Gasteiger charge is -2.34. The Morgan fingerprint density at radius 2 is 1.40 bits per heavy atom. The van der Waals surface area contributed by atoms with Crippen molar-refractivity contribution in [3.8, 4) is 0 Å². The average molecular weight is 419 g/mol. The molecule has 178 valence electrons. The Balaban J connectivity index is 2.52. The van der Waals surface area contributed by atoms with E-state index in [1.165, 1.54) is 103 Å². The lowest BCUT2D eigenvalue weighted by atomic mass is 9.72. The molecule has 0 aromatic heterocycles. The summed E-state index contributed by atoms with van der Waals surface area (Å²) in [6.07, 6.45) is 28.0. The van der Waals surface area contributed by atoms with Crippen LogP contribution in [0.15, 0.2) is 12.2 Å². The van der Waals surface area contributed by atoms with E-state index >= 15 is 0 Å². The van der Waals surface area contributed by atoms with E-state index in [-0.39, 0.29) is 0 Å². The second kappa shape index (κ2) is 17.3. The van der Waals surface area contributed by atoms with E-state index in [0.717, 1.165) is 35.5 Å². The molecule has 0 saturated heterocycles. The van der Waals surface area contributed by atoms with Crippen molar-refractivity contribution in [2.75, 3.05) is 0 Å². The molecule has 0 spiro atoms. The van der Waals surface area contributed by atoms with Crippen LogP contribution in [0.2, 0.25) is 0 Å². The maximum Gasteiger partial charge on any atom is -0.0205 e. The summed E-state index contributed by atoms with van der Waals surface area (Å²) in [6, 6.07) is 0. The van der Waals surface area contributed by atoms with Crippen LogP contribution < -0.4 is 0 Å². The molecule has 1 saturated carbocycles. The summed E-state index contributed by atoms with van der Waals surface area (Å²) in [6.45, 7) is 14.5. The zero-order chi connectivity index (χ0) is 22.2. The van der Waals surface area contributed by atoms with E-state index in [9.17, 15) is 0 Å². The number of hydrogen-bond acceptors (Lipinski definition) is 0. The molecule has 5 unspecified atom stereocenters. The lowest BCUT2D eigenvalue weighted by Crippen LogP contribution is -2.22. The van der Waals surface area contributed by atoms with Crippen molar-refractivity contribution in [2.24, 2.45) is 35.5 Å². The van der Waals surface area contributed by atoms with Gasteiger partial charge >= 0.3 is 0 Å². The maximum absolute atomic E-state index is 2.57. The Morgan fingerprint density at radius 1 is 0.733 bits per heavy atom. The first-order valence-corrected chi connectivity index (χ1v) is 14.2. The normalized spacial score (nSPS) is 20.9. The Bertz CT molecular complexity index is 402. The molecule has 0 heterocycles. The van der Waals surface area contributed by atoms with Crippen LogP contribution in [-0.2, 0) is 0 Å². The Morgan fingerprint density at radius 3 is 2.00 bits per heavy atom. The molecule has 0 aliphatic heterocycles. The molecule has 0 amide bonds. The first-order valence-electron chi connectivity index (χ1n) is 14.2. The van der Waals surface area contributed by atoms with Crippen LogP contribution in [0.3, 0.4) is 0 Å². The second-order valence-corrected chi connectivity index (χ2v) is 10.9. The van der Waals surface area contributed by atoms with Gasteiger partial charge in [0.15, 0.2) is 0 Å². The number of hydrogen-bond donors (Lipinski definition) is 0. The topological polar surface area (TPSA) is 0 Å². The van der Waals surface area contributed by atoms with Crippen molar-refractivity contribution in [3.63, 3.8) is 0 Å². The molecule has 1 rings (SSSR count). The monoisotopic (exact) mass is 418 g/mol. The molecule has 0 nitrogen and oxygen atoms in total. The fourth-order valence-corrected chi connectivity index (χ4v) is 6.33. The molecule has 0 radical (unpaired) electrons. The molecule has 0 aromatic carbocycles. The molecule has 1 aliphatic carbocycles. The van der Waals surface area contributed by atoms with Crippen molar-refractivity contribution in [2.45, 2.75) is 144 Å². The zero-order valence-electron chi connectivity index (χ0n) is 21.9. The summed E-state index contributed by atoms with van der Waals surface area (Å²) in [5.41, 5.74) is 0. The molecule has 0 heteroatoms. The minimum Gasteiger partial charge on any atom is -0.0914 e. The summed E-state index contributed by atoms with van der Waals surface area (Å²) in [7, 11) is 0. The van der Waals surface area contributed by atoms with Gasteiger partial charge in [-0.15, -0.1) is 0 Å². The van der Waals surface area contributed by atoms with Crippen molar-refractivity contribution in [3.05, 3.63) is 12.2 Å². The summed E-state index contributed by atoms with van der Waals surface area (Å²) in [5, 5.41) is 0. The predicted molar refractivity (Wildman–Crippen MR) is 138 cm³/mol. The van der Waals surface area contributed by atoms with Gasteiger partial charge in [0, 0.05) is 0 Å². The van der Waals surface area contributed by atoms with E-state index in [1.807, 2.05) is 0 Å². The van der Waals surface area contributed by atoms with Gasteiger partial charge in [-0.25, -0.2) is 0 Å². The minimum atomic E-state index is 0.819. The van der Waals surface area contributed by atoms with E-state index in [1.54, 1.807) is 0 Å². The van der Waals surface area contributed by atoms with E-state index in [4.69, 9.17) is 0 Å². The standard InChI is InChI=1S/C30H58/c1-7-11-20-28(27(16-8-2)17-9-3)23-15-19-25(5)26(6)24-30(18-10-4)29-21-13-12-14-22-29/h8,16,25-30H,7,9-15,17-24H2,1-6H3/b16-8-. The molecular formula is C30H58. The highest BCUT2D eigenvalue weighted by atomic mass is 14.3. The van der Waals surface area contributed by atoms with Gasteiger partial charge in [-0.1, -0.05) is 124 Å². The Kier molecular flexibility index (Phi) is 16.0. The fraction of sp³-hybridized carbons (Fsp3) is 0.933. The van der Waals surface area contributed by atoms with Crippen LogP contribution in [0.5, 0.6) is 0 Å². The third-order valence-corrected chi connectivity index (χ3v) is 8.45. The fourth-order valence-electron chi connectivity index (χ4n) is 6.33. The van der Waals surface area contributed by atoms with Gasteiger partial charge in [0.25, 0.3) is 0 Å². The highest BCUT2D eigenvalue weighted by Crippen LogP contribution is 2.38. The molecule has 1 fully saturated rings. The Labute approximate surface area is 192 Å². The Hall–Kier alpha value is -0.260. The van der Waals surface area contributed by atoms with Gasteiger partial charge in [-0.3, -0.25) is 0 Å². The first kappa shape index (κ1) is 27.8. The summed E-state index contributed by atoms with van der Waals surface area (Å²) in [4.78, 5) is 0. The molecule has 5 atom stereocenters. The van der Waals surface area contributed by atoms with Gasteiger partial charge in [0.05, 0.1) is 0 Å². The van der Waals surface area contributed by atoms with Crippen molar-refractivity contribution in [1.82, 2.24) is 0 Å². The van der Waals surface area contributed by atoms with Crippen molar-refractivity contribution < 1.29 is 0 Å². The van der Waals surface area contributed by atoms with Crippen LogP contribution >= 0.6 is 0 Å². The van der Waals surface area contributed by atoms with Gasteiger partial charge in [0.2, 0.25) is 0 Å². The summed E-state index contributed by atoms with van der Waals surface area (Å²) < 4.78 is 0. The van der Waals surface area contributed by atoms with Crippen LogP contribution in [0.25, 0.3) is 0 Å². The average Bonchev–Trinajstić information content (AvgIpc) is 2.76. The number of allylic oxidation sites excluding steroid dienone is 2. The minimum absolute atomic E-state index is 0.819. The lowest BCUT2D eigenvalue weighted by molar-refractivity contribution is 0.177. The third-order valence-electron chi connectivity index (χ3n) is 8.45. The van der Waals surface area contributed by atoms with Crippen molar-refractivity contribution in [1.29, 1.82) is 0 Å². The highest BCUT2D eigenvalue weighted by Gasteiger charge is 2.26. The smallest absolute Gasteiger partial charge is 0.0205 e. The van der Waals surface area contributed by atoms with Gasteiger partial charge < -0.3 is 0 Å². The number of unbranched alkanes of at least 4 members (excludes halogenated alkanes) is 1. The first-order chi connectivity index (χ1) is 14.6. The molecule has 0 bridgehead atoms. The second-order valence-electron chi connectivity index (χ2n) is 10.9. The molecular weight excluding hydrogens is 360 g/mol. The SMILES string of the molecule is C/C=C\C(CCC)C(CCCC)CCCC(C)C(C)CC(CCC)C1CCCCC1. The van der Waals surface area contributed by atoms with E-state index in [2.05, 4.69) is 53.7 Å². The molecule has 1 aliphatic rings. The molecule has 0 aromatic rings. The quantitative estimate of drug-likeness (QED) is 0.206. The highest BCUT2D eigenvalue weighted by molar-refractivity contribution is 4.89. The van der Waals surface area contributed by atoms with Crippen LogP contribution in [-0.4, -0.2) is 0 Å².